The highest BCUT2D eigenvalue weighted by atomic mass is 32.1. The third kappa shape index (κ3) is 3.48. The van der Waals surface area contributed by atoms with E-state index < -0.39 is 0 Å². The number of carbonyl (C=O) groups excluding carboxylic acids is 1. The summed E-state index contributed by atoms with van der Waals surface area (Å²) in [7, 11) is 0. The minimum atomic E-state index is -0.318. The Labute approximate surface area is 177 Å². The monoisotopic (exact) mass is 419 g/mol. The summed E-state index contributed by atoms with van der Waals surface area (Å²) in [6.07, 6.45) is 3.08. The van der Waals surface area contributed by atoms with Crippen LogP contribution in [-0.4, -0.2) is 56.3 Å². The zero-order chi connectivity index (χ0) is 20.7. The van der Waals surface area contributed by atoms with Crippen LogP contribution in [0.4, 0.5) is 0 Å². The highest BCUT2D eigenvalue weighted by Gasteiger charge is 2.25. The van der Waals surface area contributed by atoms with Crippen LogP contribution < -0.4 is 5.56 Å². The van der Waals surface area contributed by atoms with Gasteiger partial charge in [0.1, 0.15) is 16.2 Å². The third-order valence-corrected chi connectivity index (χ3v) is 6.47. The number of aromatic nitrogens is 3. The van der Waals surface area contributed by atoms with Crippen molar-refractivity contribution >= 4 is 33.1 Å². The summed E-state index contributed by atoms with van der Waals surface area (Å²) >= 11 is 1.71. The molecule has 0 spiro atoms. The Balaban J connectivity index is 1.27. The maximum atomic E-state index is 13.0. The topological polar surface area (TPSA) is 70.8 Å². The van der Waals surface area contributed by atoms with Gasteiger partial charge in [-0.2, -0.15) is 0 Å². The number of hydrogen-bond donors (Lipinski definition) is 0. The number of aryl methyl sites for hydroxylation is 1. The number of hydrogen-bond acceptors (Lipinski definition) is 6. The van der Waals surface area contributed by atoms with E-state index in [1.54, 1.807) is 22.4 Å². The fraction of sp³-hybridized carbons (Fsp3) is 0.273. The van der Waals surface area contributed by atoms with Crippen LogP contribution in [0.25, 0.3) is 15.9 Å². The number of amides is 1. The summed E-state index contributed by atoms with van der Waals surface area (Å²) in [6.45, 7) is 5.39. The molecule has 1 fully saturated rings. The van der Waals surface area contributed by atoms with Gasteiger partial charge in [-0.3, -0.25) is 18.9 Å². The normalized spacial score (nSPS) is 15.2. The van der Waals surface area contributed by atoms with Gasteiger partial charge in [-0.05, 0) is 36.8 Å². The van der Waals surface area contributed by atoms with Crippen molar-refractivity contribution in [2.75, 3.05) is 26.2 Å². The van der Waals surface area contributed by atoms with Crippen molar-refractivity contribution in [3.05, 3.63) is 75.3 Å². The number of pyridine rings is 1. The molecule has 8 heteroatoms. The molecular weight excluding hydrogens is 398 g/mol. The Kier molecular flexibility index (Phi) is 4.80. The zero-order valence-electron chi connectivity index (χ0n) is 16.6. The summed E-state index contributed by atoms with van der Waals surface area (Å²) in [5.74, 6) is -0.248. The molecule has 1 aromatic carbocycles. The second-order valence-electron chi connectivity index (χ2n) is 7.55. The highest BCUT2D eigenvalue weighted by molar-refractivity contribution is 7.18. The van der Waals surface area contributed by atoms with E-state index >= 15 is 0 Å². The van der Waals surface area contributed by atoms with Crippen LogP contribution >= 0.6 is 11.3 Å². The Morgan fingerprint density at radius 2 is 1.93 bits per heavy atom. The Hall–Kier alpha value is -3.10. The maximum Gasteiger partial charge on any atom is 0.270 e. The van der Waals surface area contributed by atoms with Crippen molar-refractivity contribution in [3.8, 4) is 0 Å². The lowest BCUT2D eigenvalue weighted by atomic mass is 10.2. The Morgan fingerprint density at radius 1 is 1.13 bits per heavy atom. The van der Waals surface area contributed by atoms with Crippen LogP contribution in [0.2, 0.25) is 0 Å². The molecular formula is C22H21N5O2S. The van der Waals surface area contributed by atoms with Gasteiger partial charge in [0.25, 0.3) is 11.5 Å². The molecule has 30 heavy (non-hydrogen) atoms. The molecule has 0 unspecified atom stereocenters. The van der Waals surface area contributed by atoms with Gasteiger partial charge in [0.15, 0.2) is 0 Å². The van der Waals surface area contributed by atoms with E-state index in [1.807, 2.05) is 37.3 Å². The summed E-state index contributed by atoms with van der Waals surface area (Å²) in [6, 6.07) is 11.8. The third-order valence-electron chi connectivity index (χ3n) is 5.45. The molecule has 1 amide bonds. The largest absolute Gasteiger partial charge is 0.336 e. The van der Waals surface area contributed by atoms with E-state index in [1.165, 1.54) is 15.3 Å². The second kappa shape index (κ2) is 7.62. The van der Waals surface area contributed by atoms with Gasteiger partial charge < -0.3 is 4.90 Å². The average molecular weight is 420 g/mol. The first kappa shape index (κ1) is 18.9. The van der Waals surface area contributed by atoms with Gasteiger partial charge >= 0.3 is 0 Å². The first-order valence-electron chi connectivity index (χ1n) is 9.92. The molecule has 4 heterocycles. The highest BCUT2D eigenvalue weighted by Crippen LogP contribution is 2.23. The smallest absolute Gasteiger partial charge is 0.270 e. The molecule has 1 aliphatic heterocycles. The number of rotatable bonds is 3. The lowest BCUT2D eigenvalue weighted by Gasteiger charge is -2.34. The zero-order valence-corrected chi connectivity index (χ0v) is 17.4. The molecule has 1 aliphatic rings. The standard InChI is InChI=1S/C22H21N5O2S/c1-15-6-7-27-19(12-15)23-13-16(22(27)29)21(28)26-10-8-25(9-11-26)14-20-24-17-4-2-3-5-18(17)30-20/h2-7,12-13H,8-11,14H2,1H3. The van der Waals surface area contributed by atoms with Crippen molar-refractivity contribution in [3.63, 3.8) is 0 Å². The molecule has 152 valence electrons. The molecule has 1 saturated heterocycles. The van der Waals surface area contributed by atoms with E-state index in [0.29, 0.717) is 18.7 Å². The number of carbonyl (C=O) groups is 1. The van der Waals surface area contributed by atoms with E-state index in [-0.39, 0.29) is 17.0 Å². The molecule has 0 N–H and O–H groups in total. The first-order chi connectivity index (χ1) is 14.6. The van der Waals surface area contributed by atoms with Gasteiger partial charge in [-0.1, -0.05) is 12.1 Å². The maximum absolute atomic E-state index is 13.0. The molecule has 0 saturated carbocycles. The van der Waals surface area contributed by atoms with Crippen molar-refractivity contribution < 1.29 is 4.79 Å². The van der Waals surface area contributed by atoms with Crippen LogP contribution in [0.1, 0.15) is 20.9 Å². The predicted octanol–water partition coefficient (Wildman–Crippen LogP) is 2.57. The quantitative estimate of drug-likeness (QED) is 0.510. The predicted molar refractivity (Wildman–Crippen MR) is 117 cm³/mol. The van der Waals surface area contributed by atoms with Gasteiger partial charge in [-0.15, -0.1) is 11.3 Å². The fourth-order valence-corrected chi connectivity index (χ4v) is 4.79. The van der Waals surface area contributed by atoms with E-state index in [0.717, 1.165) is 35.7 Å². The number of thiazole rings is 1. The summed E-state index contributed by atoms with van der Waals surface area (Å²) in [4.78, 5) is 38.8. The molecule has 5 rings (SSSR count). The Morgan fingerprint density at radius 3 is 2.73 bits per heavy atom. The molecule has 4 aromatic rings. The van der Waals surface area contributed by atoms with Gasteiger partial charge in [0.05, 0.1) is 16.8 Å². The van der Waals surface area contributed by atoms with E-state index in [2.05, 4.69) is 16.0 Å². The molecule has 0 bridgehead atoms. The number of fused-ring (bicyclic) bond motifs is 2. The molecule has 0 radical (unpaired) electrons. The van der Waals surface area contributed by atoms with Crippen LogP contribution in [0, 0.1) is 6.92 Å². The van der Waals surface area contributed by atoms with Crippen molar-refractivity contribution in [1.29, 1.82) is 0 Å². The molecule has 0 atom stereocenters. The van der Waals surface area contributed by atoms with E-state index in [4.69, 9.17) is 4.98 Å². The van der Waals surface area contributed by atoms with Crippen LogP contribution in [0.3, 0.4) is 0 Å². The molecule has 3 aromatic heterocycles. The first-order valence-corrected chi connectivity index (χ1v) is 10.7. The summed E-state index contributed by atoms with van der Waals surface area (Å²) in [5.41, 5.74) is 2.41. The van der Waals surface area contributed by atoms with E-state index in [9.17, 15) is 9.59 Å². The summed E-state index contributed by atoms with van der Waals surface area (Å²) in [5, 5.41) is 1.09. The van der Waals surface area contributed by atoms with Crippen molar-refractivity contribution in [1.82, 2.24) is 24.2 Å². The SMILES string of the molecule is Cc1ccn2c(=O)c(C(=O)N3CCN(Cc4nc5ccccc5s4)CC3)cnc2c1. The number of benzene rings is 1. The number of piperazine rings is 1. The van der Waals surface area contributed by atoms with Crippen molar-refractivity contribution in [2.24, 2.45) is 0 Å². The van der Waals surface area contributed by atoms with Crippen LogP contribution in [0.15, 0.2) is 53.6 Å². The summed E-state index contributed by atoms with van der Waals surface area (Å²) < 4.78 is 2.63. The molecule has 0 aliphatic carbocycles. The van der Waals surface area contributed by atoms with Gasteiger partial charge in [0.2, 0.25) is 0 Å². The van der Waals surface area contributed by atoms with Crippen LogP contribution in [-0.2, 0) is 6.54 Å². The number of para-hydroxylation sites is 1. The number of nitrogens with zero attached hydrogens (tertiary/aromatic N) is 5. The lowest BCUT2D eigenvalue weighted by molar-refractivity contribution is 0.0626. The minimum absolute atomic E-state index is 0.121. The van der Waals surface area contributed by atoms with Gasteiger partial charge in [-0.25, -0.2) is 9.97 Å². The van der Waals surface area contributed by atoms with Crippen LogP contribution in [0.5, 0.6) is 0 Å². The lowest BCUT2D eigenvalue weighted by Crippen LogP contribution is -2.49. The second-order valence-corrected chi connectivity index (χ2v) is 8.67. The fourth-order valence-electron chi connectivity index (χ4n) is 3.78. The molecule has 7 nitrogen and oxygen atoms in total. The Bertz CT molecular complexity index is 1270. The van der Waals surface area contributed by atoms with Crippen molar-refractivity contribution in [2.45, 2.75) is 13.5 Å². The minimum Gasteiger partial charge on any atom is -0.336 e. The average Bonchev–Trinajstić information content (AvgIpc) is 3.16. The van der Waals surface area contributed by atoms with Gasteiger partial charge in [0, 0.05) is 38.6 Å².